The third-order valence-corrected chi connectivity index (χ3v) is 5.15. The van der Waals surface area contributed by atoms with Gasteiger partial charge in [-0.15, -0.1) is 0 Å². The Morgan fingerprint density at radius 3 is 2.59 bits per heavy atom. The van der Waals surface area contributed by atoms with Gasteiger partial charge in [-0.1, -0.05) is 30.3 Å². The number of hydrogen-bond donors (Lipinski definition) is 1. The molecule has 0 atom stereocenters. The van der Waals surface area contributed by atoms with E-state index < -0.39 is 24.0 Å². The van der Waals surface area contributed by atoms with E-state index >= 15 is 0 Å². The van der Waals surface area contributed by atoms with Crippen LogP contribution in [0.2, 0.25) is 0 Å². The lowest BCUT2D eigenvalue weighted by atomic mass is 10.00. The molecule has 8 heteroatoms. The van der Waals surface area contributed by atoms with Crippen molar-refractivity contribution in [3.63, 3.8) is 0 Å². The van der Waals surface area contributed by atoms with Crippen molar-refractivity contribution in [3.8, 4) is 6.07 Å². The predicted octanol–water partition coefficient (Wildman–Crippen LogP) is 1.90. The Kier molecular flexibility index (Phi) is 6.60. The average molecular weight is 396 g/mol. The minimum Gasteiger partial charge on any atom is -0.456 e. The summed E-state index contributed by atoms with van der Waals surface area (Å²) in [6, 6.07) is 11.8. The first-order chi connectivity index (χ1) is 14.0. The van der Waals surface area contributed by atoms with E-state index in [1.807, 2.05) is 30.3 Å². The second-order valence-corrected chi connectivity index (χ2v) is 7.29. The van der Waals surface area contributed by atoms with E-state index in [0.29, 0.717) is 25.8 Å². The van der Waals surface area contributed by atoms with Crippen LogP contribution in [0.1, 0.15) is 50.5 Å². The largest absolute Gasteiger partial charge is 0.456 e. The molecule has 2 aliphatic rings. The van der Waals surface area contributed by atoms with Gasteiger partial charge in [-0.05, 0) is 31.2 Å². The van der Waals surface area contributed by atoms with Gasteiger partial charge in [0.15, 0.2) is 6.61 Å². The Hall–Kier alpha value is -3.21. The van der Waals surface area contributed by atoms with E-state index in [-0.39, 0.29) is 18.7 Å². The summed E-state index contributed by atoms with van der Waals surface area (Å²) in [4.78, 5) is 36.1. The molecule has 152 valence electrons. The van der Waals surface area contributed by atoms with E-state index in [4.69, 9.17) is 4.74 Å². The standard InChI is InChI=1S/C21H24N4O4/c22-15-21(11-4-5-12-21)23-18(26)14-29-20(28)9-8-19(27)25-13-10-17(24-25)16-6-2-1-3-7-16/h1-3,6-7H,4-5,8-14H2,(H,23,26). The van der Waals surface area contributed by atoms with Crippen molar-refractivity contribution >= 4 is 23.5 Å². The molecule has 1 fully saturated rings. The molecule has 0 radical (unpaired) electrons. The van der Waals surface area contributed by atoms with Crippen LogP contribution < -0.4 is 5.32 Å². The number of carbonyl (C=O) groups excluding carboxylic acids is 3. The van der Waals surface area contributed by atoms with Crippen LogP contribution in [-0.4, -0.2) is 47.2 Å². The van der Waals surface area contributed by atoms with Crippen molar-refractivity contribution in [1.29, 1.82) is 5.26 Å². The molecule has 2 amide bonds. The number of esters is 1. The topological polar surface area (TPSA) is 112 Å². The first kappa shape index (κ1) is 20.5. The SMILES string of the molecule is N#CC1(NC(=O)COC(=O)CCC(=O)N2CCC(c3ccccc3)=N2)CCCC1. The van der Waals surface area contributed by atoms with Gasteiger partial charge in [-0.2, -0.15) is 10.4 Å². The molecule has 1 aliphatic carbocycles. The van der Waals surface area contributed by atoms with Gasteiger partial charge in [-0.3, -0.25) is 14.4 Å². The van der Waals surface area contributed by atoms with E-state index in [0.717, 1.165) is 24.1 Å². The highest BCUT2D eigenvalue weighted by Crippen LogP contribution is 2.28. The van der Waals surface area contributed by atoms with Crippen molar-refractivity contribution in [1.82, 2.24) is 10.3 Å². The van der Waals surface area contributed by atoms with Gasteiger partial charge in [0, 0.05) is 12.8 Å². The molecule has 8 nitrogen and oxygen atoms in total. The summed E-state index contributed by atoms with van der Waals surface area (Å²) in [5.41, 5.74) is 0.978. The Morgan fingerprint density at radius 1 is 1.17 bits per heavy atom. The van der Waals surface area contributed by atoms with Crippen LogP contribution in [0.25, 0.3) is 0 Å². The van der Waals surface area contributed by atoms with E-state index in [1.165, 1.54) is 5.01 Å². The molecule has 0 spiro atoms. The molecule has 0 saturated heterocycles. The number of ether oxygens (including phenoxy) is 1. The van der Waals surface area contributed by atoms with Crippen molar-refractivity contribution in [2.75, 3.05) is 13.2 Å². The molecular formula is C21H24N4O4. The monoisotopic (exact) mass is 396 g/mol. The molecule has 3 rings (SSSR count). The number of nitrogens with zero attached hydrogens (tertiary/aromatic N) is 3. The van der Waals surface area contributed by atoms with Gasteiger partial charge in [0.2, 0.25) is 5.91 Å². The van der Waals surface area contributed by atoms with Crippen molar-refractivity contribution in [3.05, 3.63) is 35.9 Å². The third-order valence-electron chi connectivity index (χ3n) is 5.15. The number of nitrogens with one attached hydrogen (secondary N) is 1. The number of amides is 2. The smallest absolute Gasteiger partial charge is 0.306 e. The number of hydrazone groups is 1. The minimum atomic E-state index is -0.844. The van der Waals surface area contributed by atoms with Crippen LogP contribution in [-0.2, 0) is 19.1 Å². The van der Waals surface area contributed by atoms with Gasteiger partial charge in [0.05, 0.1) is 24.7 Å². The highest BCUT2D eigenvalue weighted by molar-refractivity contribution is 6.02. The number of benzene rings is 1. The third kappa shape index (κ3) is 5.41. The summed E-state index contributed by atoms with van der Waals surface area (Å²) in [7, 11) is 0. The zero-order valence-corrected chi connectivity index (χ0v) is 16.2. The Balaban J connectivity index is 1.39. The Bertz CT molecular complexity index is 838. The van der Waals surface area contributed by atoms with Crippen LogP contribution in [0.3, 0.4) is 0 Å². The van der Waals surface area contributed by atoms with E-state index in [9.17, 15) is 19.6 Å². The number of hydrogen-bond acceptors (Lipinski definition) is 6. The Morgan fingerprint density at radius 2 is 1.90 bits per heavy atom. The average Bonchev–Trinajstić information content (AvgIpc) is 3.41. The molecule has 1 saturated carbocycles. The maximum Gasteiger partial charge on any atom is 0.306 e. The lowest BCUT2D eigenvalue weighted by Crippen LogP contribution is -2.46. The van der Waals surface area contributed by atoms with Crippen molar-refractivity contribution in [2.45, 2.75) is 50.5 Å². The molecule has 29 heavy (non-hydrogen) atoms. The molecule has 0 aromatic heterocycles. The number of carbonyl (C=O) groups is 3. The van der Waals surface area contributed by atoms with Crippen LogP contribution in [0, 0.1) is 11.3 Å². The summed E-state index contributed by atoms with van der Waals surface area (Å²) in [6.45, 7) is 0.0350. The predicted molar refractivity (Wildman–Crippen MR) is 104 cm³/mol. The van der Waals surface area contributed by atoms with E-state index in [1.54, 1.807) is 0 Å². The molecule has 1 aliphatic heterocycles. The van der Waals surface area contributed by atoms with Crippen LogP contribution in [0.15, 0.2) is 35.4 Å². The fourth-order valence-corrected chi connectivity index (χ4v) is 3.57. The van der Waals surface area contributed by atoms with Gasteiger partial charge in [0.25, 0.3) is 5.91 Å². The molecule has 0 bridgehead atoms. The summed E-state index contributed by atoms with van der Waals surface area (Å²) < 4.78 is 4.94. The lowest BCUT2D eigenvalue weighted by Gasteiger charge is -2.21. The molecule has 1 heterocycles. The molecule has 0 unspecified atom stereocenters. The van der Waals surface area contributed by atoms with Crippen molar-refractivity contribution < 1.29 is 19.1 Å². The summed E-state index contributed by atoms with van der Waals surface area (Å²) in [5, 5.41) is 17.6. The highest BCUT2D eigenvalue weighted by atomic mass is 16.5. The fraction of sp³-hybridized carbons (Fsp3) is 0.476. The number of nitriles is 1. The minimum absolute atomic E-state index is 0.0336. The van der Waals surface area contributed by atoms with Crippen molar-refractivity contribution in [2.24, 2.45) is 5.10 Å². The lowest BCUT2D eigenvalue weighted by molar-refractivity contribution is -0.150. The van der Waals surface area contributed by atoms with Crippen LogP contribution >= 0.6 is 0 Å². The first-order valence-electron chi connectivity index (χ1n) is 9.82. The van der Waals surface area contributed by atoms with Gasteiger partial charge < -0.3 is 10.1 Å². The second-order valence-electron chi connectivity index (χ2n) is 7.29. The maximum absolute atomic E-state index is 12.3. The zero-order chi connectivity index (χ0) is 20.7. The highest BCUT2D eigenvalue weighted by Gasteiger charge is 2.35. The summed E-state index contributed by atoms with van der Waals surface area (Å²) in [6.07, 6.45) is 3.51. The van der Waals surface area contributed by atoms with Gasteiger partial charge in [0.1, 0.15) is 5.54 Å². The Labute approximate surface area is 169 Å². The normalized spacial score (nSPS) is 17.3. The fourth-order valence-electron chi connectivity index (χ4n) is 3.57. The quantitative estimate of drug-likeness (QED) is 0.708. The van der Waals surface area contributed by atoms with E-state index in [2.05, 4.69) is 16.5 Å². The number of rotatable bonds is 7. The van der Waals surface area contributed by atoms with Gasteiger partial charge in [-0.25, -0.2) is 5.01 Å². The summed E-state index contributed by atoms with van der Waals surface area (Å²) in [5.74, 6) is -1.38. The van der Waals surface area contributed by atoms with Gasteiger partial charge >= 0.3 is 5.97 Å². The second kappa shape index (κ2) is 9.32. The summed E-state index contributed by atoms with van der Waals surface area (Å²) >= 11 is 0. The maximum atomic E-state index is 12.3. The molecule has 1 N–H and O–H groups in total. The molecule has 1 aromatic carbocycles. The van der Waals surface area contributed by atoms with Crippen LogP contribution in [0.4, 0.5) is 0 Å². The van der Waals surface area contributed by atoms with Crippen LogP contribution in [0.5, 0.6) is 0 Å². The first-order valence-corrected chi connectivity index (χ1v) is 9.82. The molecular weight excluding hydrogens is 372 g/mol. The molecule has 1 aromatic rings. The zero-order valence-electron chi connectivity index (χ0n) is 16.2.